The number of carbonyl (C=O) groups is 1. The van der Waals surface area contributed by atoms with Gasteiger partial charge >= 0.3 is 0 Å². The van der Waals surface area contributed by atoms with Crippen molar-refractivity contribution in [2.45, 2.75) is 18.1 Å². The van der Waals surface area contributed by atoms with Crippen LogP contribution in [0.1, 0.15) is 27.4 Å². The fourth-order valence-electron chi connectivity index (χ4n) is 2.72. The van der Waals surface area contributed by atoms with Gasteiger partial charge in [-0.05, 0) is 42.0 Å². The van der Waals surface area contributed by atoms with Crippen molar-refractivity contribution >= 4 is 44.2 Å². The van der Waals surface area contributed by atoms with Crippen LogP contribution in [-0.4, -0.2) is 17.2 Å². The monoisotopic (exact) mass is 495 g/mol. The molecule has 1 heterocycles. The molecule has 3 aromatic rings. The fraction of sp³-hybridized carbons (Fsp3) is 0.190. The van der Waals surface area contributed by atoms with E-state index in [1.807, 2.05) is 36.4 Å². The molecule has 5 nitrogen and oxygen atoms in total. The Hall–Kier alpha value is -2.09. The number of nitrogens with one attached hydrogen (secondary N) is 1. The topological polar surface area (TPSA) is 68.5 Å². The van der Waals surface area contributed by atoms with Crippen LogP contribution < -0.4 is 10.1 Å². The van der Waals surface area contributed by atoms with E-state index in [0.717, 1.165) is 15.6 Å². The highest BCUT2D eigenvalue weighted by molar-refractivity contribution is 9.10. The number of furan rings is 1. The first-order valence-corrected chi connectivity index (χ1v) is 11.4. The summed E-state index contributed by atoms with van der Waals surface area (Å²) in [6.45, 7) is 0.288. The van der Waals surface area contributed by atoms with E-state index in [4.69, 9.17) is 20.8 Å². The van der Waals surface area contributed by atoms with Crippen LogP contribution in [0.3, 0.4) is 0 Å². The molecule has 0 saturated carbocycles. The Labute approximate surface area is 185 Å². The van der Waals surface area contributed by atoms with Crippen LogP contribution >= 0.6 is 27.5 Å². The highest BCUT2D eigenvalue weighted by Gasteiger charge is 2.14. The van der Waals surface area contributed by atoms with Crippen molar-refractivity contribution in [3.63, 3.8) is 0 Å². The smallest absolute Gasteiger partial charge is 0.287 e. The van der Waals surface area contributed by atoms with Crippen LogP contribution in [0.4, 0.5) is 0 Å². The van der Waals surface area contributed by atoms with Gasteiger partial charge in [0.1, 0.15) is 11.5 Å². The highest BCUT2D eigenvalue weighted by atomic mass is 79.9. The molecule has 0 saturated heterocycles. The van der Waals surface area contributed by atoms with Gasteiger partial charge in [0.2, 0.25) is 0 Å². The SMILES string of the molecule is COc1ccc(Br)cc1CNC(=O)c1ccc(CS(=O)Cc2ccccc2Cl)o1. The highest BCUT2D eigenvalue weighted by Crippen LogP contribution is 2.23. The number of halogens is 2. The zero-order chi connectivity index (χ0) is 20.8. The van der Waals surface area contributed by atoms with E-state index in [2.05, 4.69) is 21.2 Å². The fourth-order valence-corrected chi connectivity index (χ4v) is 4.59. The van der Waals surface area contributed by atoms with Crippen LogP contribution in [0.2, 0.25) is 5.02 Å². The Morgan fingerprint density at radius 1 is 1.14 bits per heavy atom. The number of amides is 1. The summed E-state index contributed by atoms with van der Waals surface area (Å²) < 4.78 is 24.2. The molecule has 152 valence electrons. The minimum absolute atomic E-state index is 0.170. The molecule has 0 aliphatic heterocycles. The van der Waals surface area contributed by atoms with Crippen molar-refractivity contribution in [2.75, 3.05) is 7.11 Å². The van der Waals surface area contributed by atoms with Crippen LogP contribution in [0.15, 0.2) is 63.5 Å². The Bertz CT molecular complexity index is 1040. The second-order valence-corrected chi connectivity index (χ2v) is 9.00. The number of carbonyl (C=O) groups excluding carboxylic acids is 1. The van der Waals surface area contributed by atoms with Crippen molar-refractivity contribution in [3.05, 3.63) is 86.7 Å². The van der Waals surface area contributed by atoms with Crippen LogP contribution in [0, 0.1) is 0 Å². The normalized spacial score (nSPS) is 11.8. The van der Waals surface area contributed by atoms with E-state index in [1.54, 1.807) is 25.3 Å². The average molecular weight is 497 g/mol. The van der Waals surface area contributed by atoms with Crippen molar-refractivity contribution < 1.29 is 18.2 Å². The minimum Gasteiger partial charge on any atom is -0.496 e. The molecule has 1 unspecified atom stereocenters. The second kappa shape index (κ2) is 10.1. The van der Waals surface area contributed by atoms with Crippen molar-refractivity contribution in [3.8, 4) is 5.75 Å². The lowest BCUT2D eigenvalue weighted by Gasteiger charge is -2.09. The molecule has 0 aliphatic rings. The van der Waals surface area contributed by atoms with Gasteiger partial charge < -0.3 is 14.5 Å². The molecule has 8 heteroatoms. The molecule has 0 radical (unpaired) electrons. The summed E-state index contributed by atoms with van der Waals surface area (Å²) in [6, 6.07) is 16.1. The predicted molar refractivity (Wildman–Crippen MR) is 118 cm³/mol. The quantitative estimate of drug-likeness (QED) is 0.472. The maximum Gasteiger partial charge on any atom is 0.287 e. The van der Waals surface area contributed by atoms with Crippen LogP contribution in [0.5, 0.6) is 5.75 Å². The Morgan fingerprint density at radius 3 is 2.69 bits per heavy atom. The lowest BCUT2D eigenvalue weighted by molar-refractivity contribution is 0.0921. The lowest BCUT2D eigenvalue weighted by Crippen LogP contribution is -2.22. The zero-order valence-electron chi connectivity index (χ0n) is 15.6. The summed E-state index contributed by atoms with van der Waals surface area (Å²) in [4.78, 5) is 12.4. The van der Waals surface area contributed by atoms with E-state index in [-0.39, 0.29) is 24.0 Å². The van der Waals surface area contributed by atoms with E-state index in [1.165, 1.54) is 0 Å². The van der Waals surface area contributed by atoms with Gasteiger partial charge in [-0.2, -0.15) is 0 Å². The molecule has 3 rings (SSSR count). The Morgan fingerprint density at radius 2 is 1.93 bits per heavy atom. The van der Waals surface area contributed by atoms with Crippen LogP contribution in [-0.2, 0) is 28.9 Å². The summed E-state index contributed by atoms with van der Waals surface area (Å²) in [5.41, 5.74) is 1.66. The van der Waals surface area contributed by atoms with E-state index in [9.17, 15) is 9.00 Å². The van der Waals surface area contributed by atoms with Gasteiger partial charge in [0.05, 0.1) is 18.6 Å². The van der Waals surface area contributed by atoms with Crippen molar-refractivity contribution in [2.24, 2.45) is 0 Å². The van der Waals surface area contributed by atoms with Gasteiger partial charge in [-0.3, -0.25) is 9.00 Å². The van der Waals surface area contributed by atoms with E-state index in [0.29, 0.717) is 22.3 Å². The average Bonchev–Trinajstić information content (AvgIpc) is 3.16. The van der Waals surface area contributed by atoms with E-state index < -0.39 is 10.8 Å². The van der Waals surface area contributed by atoms with Gasteiger partial charge in [-0.25, -0.2) is 0 Å². The second-order valence-electron chi connectivity index (χ2n) is 6.22. The number of methoxy groups -OCH3 is 1. The maximum atomic E-state index is 12.4. The summed E-state index contributed by atoms with van der Waals surface area (Å²) in [5, 5.41) is 3.39. The van der Waals surface area contributed by atoms with Gasteiger partial charge in [0, 0.05) is 32.4 Å². The van der Waals surface area contributed by atoms with Gasteiger partial charge in [0.15, 0.2) is 5.76 Å². The first kappa shape index (κ1) is 21.6. The Balaban J connectivity index is 1.58. The summed E-state index contributed by atoms with van der Waals surface area (Å²) >= 11 is 9.52. The largest absolute Gasteiger partial charge is 0.496 e. The minimum atomic E-state index is -1.20. The summed E-state index contributed by atoms with van der Waals surface area (Å²) in [6.07, 6.45) is 0. The van der Waals surface area contributed by atoms with Crippen molar-refractivity contribution in [1.82, 2.24) is 5.32 Å². The molecular formula is C21H19BrClNO4S. The van der Waals surface area contributed by atoms with Gasteiger partial charge in [0.25, 0.3) is 5.91 Å². The third-order valence-corrected chi connectivity index (χ3v) is 6.25. The number of benzene rings is 2. The van der Waals surface area contributed by atoms with Gasteiger partial charge in [-0.1, -0.05) is 45.7 Å². The van der Waals surface area contributed by atoms with E-state index >= 15 is 0 Å². The zero-order valence-corrected chi connectivity index (χ0v) is 18.8. The predicted octanol–water partition coefficient (Wildman–Crippen LogP) is 5.08. The first-order chi connectivity index (χ1) is 14.0. The Kier molecular flexibility index (Phi) is 7.52. The molecule has 1 N–H and O–H groups in total. The van der Waals surface area contributed by atoms with Crippen LogP contribution in [0.25, 0.3) is 0 Å². The van der Waals surface area contributed by atoms with Crippen molar-refractivity contribution in [1.29, 1.82) is 0 Å². The molecular weight excluding hydrogens is 478 g/mol. The number of ether oxygens (including phenoxy) is 1. The first-order valence-electron chi connectivity index (χ1n) is 8.74. The molecule has 1 atom stereocenters. The molecule has 2 aromatic carbocycles. The number of rotatable bonds is 8. The third-order valence-electron chi connectivity index (χ3n) is 4.14. The molecule has 1 amide bonds. The summed E-state index contributed by atoms with van der Waals surface area (Å²) in [7, 11) is 0.375. The summed E-state index contributed by atoms with van der Waals surface area (Å²) in [5.74, 6) is 1.52. The molecule has 0 aliphatic carbocycles. The number of hydrogen-bond donors (Lipinski definition) is 1. The standard InChI is InChI=1S/C21H19BrClNO4S/c1-27-19-8-6-16(22)10-15(19)11-24-21(25)20-9-7-17(28-20)13-29(26)12-14-4-2-3-5-18(14)23/h2-10H,11-13H2,1H3,(H,24,25). The molecule has 29 heavy (non-hydrogen) atoms. The third kappa shape index (κ3) is 5.95. The molecule has 0 fully saturated rings. The number of hydrogen-bond acceptors (Lipinski definition) is 4. The maximum absolute atomic E-state index is 12.4. The van der Waals surface area contributed by atoms with Gasteiger partial charge in [-0.15, -0.1) is 0 Å². The molecule has 1 aromatic heterocycles. The lowest BCUT2D eigenvalue weighted by atomic mass is 10.2. The molecule has 0 spiro atoms. The molecule has 0 bridgehead atoms.